The van der Waals surface area contributed by atoms with E-state index in [9.17, 15) is 14.4 Å². The van der Waals surface area contributed by atoms with Gasteiger partial charge in [0.1, 0.15) is 6.04 Å². The van der Waals surface area contributed by atoms with Gasteiger partial charge in [-0.25, -0.2) is 9.69 Å². The Bertz CT molecular complexity index is 615. The van der Waals surface area contributed by atoms with Crippen molar-refractivity contribution in [2.24, 2.45) is 0 Å². The molecule has 1 aromatic carbocycles. The summed E-state index contributed by atoms with van der Waals surface area (Å²) in [6.45, 7) is 2.79. The summed E-state index contributed by atoms with van der Waals surface area (Å²) in [4.78, 5) is 38.8. The Balaban J connectivity index is 1.93. The Morgan fingerprint density at radius 3 is 2.54 bits per heavy atom. The van der Waals surface area contributed by atoms with Gasteiger partial charge in [-0.05, 0) is 31.2 Å². The number of hydrogen-bond acceptors (Lipinski definition) is 4. The minimum Gasteiger partial charge on any atom is -0.355 e. The lowest BCUT2D eigenvalue weighted by molar-refractivity contribution is -0.129. The van der Waals surface area contributed by atoms with Gasteiger partial charge >= 0.3 is 6.03 Å². The standard InChI is InChI=1S/C17H24N4O3/c1-4-5-14-16(23)21(17(24)19-14)11-20(3)10-12-6-8-13(9-7-12)15(22)18-2/h6-9,14H,4-5,10-11H2,1-3H3,(H,18,22)(H,19,24)/t14-/m0/s1. The van der Waals surface area contributed by atoms with Crippen LogP contribution in [0, 0.1) is 0 Å². The van der Waals surface area contributed by atoms with Gasteiger partial charge in [0, 0.05) is 19.2 Å². The fourth-order valence-electron chi connectivity index (χ4n) is 2.70. The number of imide groups is 1. The van der Waals surface area contributed by atoms with Gasteiger partial charge in [-0.2, -0.15) is 0 Å². The number of carbonyl (C=O) groups excluding carboxylic acids is 3. The quantitative estimate of drug-likeness (QED) is 0.734. The van der Waals surface area contributed by atoms with Gasteiger partial charge in [-0.1, -0.05) is 25.5 Å². The SMILES string of the molecule is CCC[C@@H]1NC(=O)N(CN(C)Cc2ccc(C(=O)NC)cc2)C1=O. The molecule has 0 aromatic heterocycles. The molecule has 4 amide bonds. The van der Waals surface area contributed by atoms with Crippen molar-refractivity contribution in [2.75, 3.05) is 20.8 Å². The first-order valence-corrected chi connectivity index (χ1v) is 8.07. The van der Waals surface area contributed by atoms with Gasteiger partial charge in [0.15, 0.2) is 0 Å². The second-order valence-corrected chi connectivity index (χ2v) is 5.99. The van der Waals surface area contributed by atoms with Crippen LogP contribution in [0.3, 0.4) is 0 Å². The summed E-state index contributed by atoms with van der Waals surface area (Å²) in [5.41, 5.74) is 1.60. The third kappa shape index (κ3) is 4.11. The van der Waals surface area contributed by atoms with Crippen LogP contribution in [0.5, 0.6) is 0 Å². The average molecular weight is 332 g/mol. The fraction of sp³-hybridized carbons (Fsp3) is 0.471. The van der Waals surface area contributed by atoms with Crippen molar-refractivity contribution >= 4 is 17.8 Å². The van der Waals surface area contributed by atoms with Crippen LogP contribution in [0.25, 0.3) is 0 Å². The van der Waals surface area contributed by atoms with E-state index in [1.165, 1.54) is 4.90 Å². The number of carbonyl (C=O) groups is 3. The summed E-state index contributed by atoms with van der Waals surface area (Å²) in [5.74, 6) is -0.292. The van der Waals surface area contributed by atoms with E-state index in [1.807, 2.05) is 31.0 Å². The van der Waals surface area contributed by atoms with Gasteiger partial charge in [0.05, 0.1) is 6.67 Å². The smallest absolute Gasteiger partial charge is 0.325 e. The van der Waals surface area contributed by atoms with Gasteiger partial charge in [0.25, 0.3) is 11.8 Å². The Morgan fingerprint density at radius 2 is 1.96 bits per heavy atom. The summed E-state index contributed by atoms with van der Waals surface area (Å²) >= 11 is 0. The van der Waals surface area contributed by atoms with Crippen LogP contribution in [0.1, 0.15) is 35.7 Å². The zero-order valence-electron chi connectivity index (χ0n) is 14.3. The van der Waals surface area contributed by atoms with Gasteiger partial charge in [-0.3, -0.25) is 14.5 Å². The monoisotopic (exact) mass is 332 g/mol. The van der Waals surface area contributed by atoms with Crippen LogP contribution in [-0.4, -0.2) is 54.5 Å². The van der Waals surface area contributed by atoms with E-state index in [0.29, 0.717) is 18.5 Å². The fourth-order valence-corrected chi connectivity index (χ4v) is 2.70. The molecule has 1 saturated heterocycles. The molecule has 0 unspecified atom stereocenters. The van der Waals surface area contributed by atoms with Crippen molar-refractivity contribution in [3.05, 3.63) is 35.4 Å². The number of hydrogen-bond donors (Lipinski definition) is 2. The average Bonchev–Trinajstić information content (AvgIpc) is 2.83. The number of urea groups is 1. The Kier molecular flexibility index (Phi) is 5.92. The molecule has 0 saturated carbocycles. The summed E-state index contributed by atoms with van der Waals surface area (Å²) in [7, 11) is 3.44. The van der Waals surface area contributed by atoms with Gasteiger partial charge in [0.2, 0.25) is 0 Å². The molecule has 0 radical (unpaired) electrons. The molecule has 7 nitrogen and oxygen atoms in total. The predicted molar refractivity (Wildman–Crippen MR) is 90.2 cm³/mol. The Hall–Kier alpha value is -2.41. The van der Waals surface area contributed by atoms with Crippen molar-refractivity contribution in [1.29, 1.82) is 0 Å². The van der Waals surface area contributed by atoms with Gasteiger partial charge < -0.3 is 10.6 Å². The van der Waals surface area contributed by atoms with Crippen molar-refractivity contribution in [3.8, 4) is 0 Å². The maximum atomic E-state index is 12.2. The third-order valence-electron chi connectivity index (χ3n) is 3.96. The Labute approximate surface area is 142 Å². The first-order chi connectivity index (χ1) is 11.5. The van der Waals surface area contributed by atoms with Crippen molar-refractivity contribution in [2.45, 2.75) is 32.4 Å². The number of amides is 4. The number of rotatable bonds is 7. The van der Waals surface area contributed by atoms with E-state index < -0.39 is 6.04 Å². The molecule has 0 spiro atoms. The van der Waals surface area contributed by atoms with E-state index in [0.717, 1.165) is 12.0 Å². The molecule has 1 atom stereocenters. The molecule has 1 aromatic rings. The summed E-state index contributed by atoms with van der Waals surface area (Å²) in [5, 5.41) is 5.29. The number of nitrogens with one attached hydrogen (secondary N) is 2. The lowest BCUT2D eigenvalue weighted by Crippen LogP contribution is -2.40. The highest BCUT2D eigenvalue weighted by molar-refractivity contribution is 6.04. The molecule has 2 N–H and O–H groups in total. The van der Waals surface area contributed by atoms with Crippen LogP contribution in [0.15, 0.2) is 24.3 Å². The second-order valence-electron chi connectivity index (χ2n) is 5.99. The highest BCUT2D eigenvalue weighted by Crippen LogP contribution is 2.13. The molecule has 7 heteroatoms. The van der Waals surface area contributed by atoms with Crippen LogP contribution in [0.2, 0.25) is 0 Å². The highest BCUT2D eigenvalue weighted by Gasteiger charge is 2.37. The molecular weight excluding hydrogens is 308 g/mol. The van der Waals surface area contributed by atoms with Crippen molar-refractivity contribution < 1.29 is 14.4 Å². The molecule has 2 rings (SSSR count). The van der Waals surface area contributed by atoms with Crippen molar-refractivity contribution in [1.82, 2.24) is 20.4 Å². The van der Waals surface area contributed by atoms with E-state index in [4.69, 9.17) is 0 Å². The van der Waals surface area contributed by atoms with E-state index in [-0.39, 0.29) is 24.5 Å². The zero-order valence-corrected chi connectivity index (χ0v) is 14.3. The molecular formula is C17H24N4O3. The molecule has 0 aliphatic carbocycles. The minimum absolute atomic E-state index is 0.129. The van der Waals surface area contributed by atoms with E-state index >= 15 is 0 Å². The second kappa shape index (κ2) is 7.92. The lowest BCUT2D eigenvalue weighted by Gasteiger charge is -2.22. The van der Waals surface area contributed by atoms with Crippen molar-refractivity contribution in [3.63, 3.8) is 0 Å². The van der Waals surface area contributed by atoms with E-state index in [2.05, 4.69) is 10.6 Å². The van der Waals surface area contributed by atoms with Crippen LogP contribution >= 0.6 is 0 Å². The largest absolute Gasteiger partial charge is 0.355 e. The zero-order chi connectivity index (χ0) is 17.7. The molecule has 130 valence electrons. The van der Waals surface area contributed by atoms with Crippen LogP contribution < -0.4 is 10.6 Å². The topological polar surface area (TPSA) is 81.8 Å². The molecule has 1 fully saturated rings. The molecule has 1 aliphatic heterocycles. The molecule has 0 bridgehead atoms. The predicted octanol–water partition coefficient (Wildman–Crippen LogP) is 1.16. The van der Waals surface area contributed by atoms with Crippen LogP contribution in [0.4, 0.5) is 4.79 Å². The first-order valence-electron chi connectivity index (χ1n) is 8.07. The van der Waals surface area contributed by atoms with Gasteiger partial charge in [-0.15, -0.1) is 0 Å². The number of nitrogens with zero attached hydrogens (tertiary/aromatic N) is 2. The maximum absolute atomic E-state index is 12.2. The molecule has 1 aliphatic rings. The summed E-state index contributed by atoms with van der Waals surface area (Å²) in [6.07, 6.45) is 1.50. The first kappa shape index (κ1) is 17.9. The third-order valence-corrected chi connectivity index (χ3v) is 3.96. The Morgan fingerprint density at radius 1 is 1.29 bits per heavy atom. The lowest BCUT2D eigenvalue weighted by atomic mass is 10.1. The molecule has 24 heavy (non-hydrogen) atoms. The summed E-state index contributed by atoms with van der Waals surface area (Å²) < 4.78 is 0. The number of benzene rings is 1. The highest BCUT2D eigenvalue weighted by atomic mass is 16.2. The normalized spacial score (nSPS) is 17.3. The van der Waals surface area contributed by atoms with E-state index in [1.54, 1.807) is 19.2 Å². The maximum Gasteiger partial charge on any atom is 0.325 e. The van der Waals surface area contributed by atoms with Crippen LogP contribution in [-0.2, 0) is 11.3 Å². The molecule has 1 heterocycles. The minimum atomic E-state index is -0.400. The summed E-state index contributed by atoms with van der Waals surface area (Å²) in [6, 6.07) is 6.52.